The molecule has 0 aliphatic heterocycles. The van der Waals surface area contributed by atoms with Crippen molar-refractivity contribution in [1.29, 1.82) is 0 Å². The average molecular weight is 282 g/mol. The largest absolute Gasteiger partial charge is 0.316 e. The van der Waals surface area contributed by atoms with Gasteiger partial charge < -0.3 is 5.32 Å². The SMILES string of the molecule is CNC(Cc1nc(C)cs1)Cc1ccncc1Cl. The standard InChI is InChI=1S/C13H16ClN3S/c1-9-8-18-13(17-9)6-11(15-2)5-10-3-4-16-7-12(10)14/h3-4,7-8,11,15H,5-6H2,1-2H3. The zero-order chi connectivity index (χ0) is 13.0. The Hall–Kier alpha value is -0.970. The fourth-order valence-electron chi connectivity index (χ4n) is 1.82. The molecule has 2 aromatic heterocycles. The molecule has 0 aliphatic carbocycles. The first-order chi connectivity index (χ1) is 8.69. The Morgan fingerprint density at radius 1 is 1.44 bits per heavy atom. The molecule has 0 radical (unpaired) electrons. The summed E-state index contributed by atoms with van der Waals surface area (Å²) in [5, 5.41) is 7.30. The van der Waals surface area contributed by atoms with E-state index in [9.17, 15) is 0 Å². The van der Waals surface area contributed by atoms with Crippen LogP contribution in [0.25, 0.3) is 0 Å². The number of aromatic nitrogens is 2. The molecular weight excluding hydrogens is 266 g/mol. The van der Waals surface area contributed by atoms with E-state index in [0.717, 1.165) is 34.1 Å². The van der Waals surface area contributed by atoms with Gasteiger partial charge >= 0.3 is 0 Å². The number of hydrogen-bond donors (Lipinski definition) is 1. The highest BCUT2D eigenvalue weighted by molar-refractivity contribution is 7.09. The molecule has 0 bridgehead atoms. The fourth-order valence-corrected chi connectivity index (χ4v) is 2.87. The molecule has 0 saturated heterocycles. The maximum atomic E-state index is 6.13. The van der Waals surface area contributed by atoms with Crippen molar-refractivity contribution >= 4 is 22.9 Å². The van der Waals surface area contributed by atoms with E-state index in [1.54, 1.807) is 23.7 Å². The van der Waals surface area contributed by atoms with Gasteiger partial charge in [-0.2, -0.15) is 0 Å². The summed E-state index contributed by atoms with van der Waals surface area (Å²) in [6.07, 6.45) is 5.28. The summed E-state index contributed by atoms with van der Waals surface area (Å²) in [6.45, 7) is 2.02. The van der Waals surface area contributed by atoms with Crippen LogP contribution in [0, 0.1) is 6.92 Å². The number of pyridine rings is 1. The number of aryl methyl sites for hydroxylation is 1. The van der Waals surface area contributed by atoms with Gasteiger partial charge in [0, 0.05) is 35.9 Å². The Balaban J connectivity index is 2.04. The topological polar surface area (TPSA) is 37.8 Å². The molecule has 5 heteroatoms. The lowest BCUT2D eigenvalue weighted by atomic mass is 10.0. The molecule has 1 unspecified atom stereocenters. The van der Waals surface area contributed by atoms with Crippen LogP contribution in [0.2, 0.25) is 5.02 Å². The van der Waals surface area contributed by atoms with Gasteiger partial charge in [-0.1, -0.05) is 11.6 Å². The van der Waals surface area contributed by atoms with Crippen molar-refractivity contribution < 1.29 is 0 Å². The molecule has 0 spiro atoms. The minimum absolute atomic E-state index is 0.343. The molecule has 3 nitrogen and oxygen atoms in total. The van der Waals surface area contributed by atoms with Crippen LogP contribution >= 0.6 is 22.9 Å². The van der Waals surface area contributed by atoms with Gasteiger partial charge in [0.25, 0.3) is 0 Å². The molecule has 0 aromatic carbocycles. The van der Waals surface area contributed by atoms with E-state index in [1.165, 1.54) is 0 Å². The molecule has 2 rings (SSSR count). The number of thiazole rings is 1. The Kier molecular flexibility index (Phi) is 4.69. The molecule has 0 fully saturated rings. The van der Waals surface area contributed by atoms with Gasteiger partial charge in [0.2, 0.25) is 0 Å². The molecule has 2 heterocycles. The van der Waals surface area contributed by atoms with Gasteiger partial charge in [-0.25, -0.2) is 4.98 Å². The summed E-state index contributed by atoms with van der Waals surface area (Å²) < 4.78 is 0. The predicted octanol–water partition coefficient (Wildman–Crippen LogP) is 2.87. The first-order valence-corrected chi connectivity index (χ1v) is 7.11. The lowest BCUT2D eigenvalue weighted by Gasteiger charge is -2.15. The van der Waals surface area contributed by atoms with Gasteiger partial charge in [-0.3, -0.25) is 4.98 Å². The van der Waals surface area contributed by atoms with Crippen molar-refractivity contribution in [2.24, 2.45) is 0 Å². The average Bonchev–Trinajstić information content (AvgIpc) is 2.76. The number of nitrogens with zero attached hydrogens (tertiary/aromatic N) is 2. The molecule has 96 valence electrons. The molecule has 2 aromatic rings. The van der Waals surface area contributed by atoms with Crippen LogP contribution in [-0.4, -0.2) is 23.1 Å². The minimum Gasteiger partial charge on any atom is -0.316 e. The minimum atomic E-state index is 0.343. The molecule has 0 aliphatic rings. The molecule has 0 amide bonds. The molecule has 1 atom stereocenters. The van der Waals surface area contributed by atoms with Gasteiger partial charge in [0.1, 0.15) is 0 Å². The third-order valence-corrected chi connectivity index (χ3v) is 4.15. The van der Waals surface area contributed by atoms with Crippen molar-refractivity contribution in [3.05, 3.63) is 45.1 Å². The Labute approximate surface area is 116 Å². The Morgan fingerprint density at radius 2 is 2.28 bits per heavy atom. The number of halogens is 1. The highest BCUT2D eigenvalue weighted by Gasteiger charge is 2.12. The van der Waals surface area contributed by atoms with E-state index in [-0.39, 0.29) is 0 Å². The van der Waals surface area contributed by atoms with E-state index in [1.807, 2.05) is 20.0 Å². The predicted molar refractivity (Wildman–Crippen MR) is 76.4 cm³/mol. The molecule has 18 heavy (non-hydrogen) atoms. The number of likely N-dealkylation sites (N-methyl/N-ethyl adjacent to an activating group) is 1. The van der Waals surface area contributed by atoms with Crippen molar-refractivity contribution in [3.8, 4) is 0 Å². The highest BCUT2D eigenvalue weighted by atomic mass is 35.5. The normalized spacial score (nSPS) is 12.6. The smallest absolute Gasteiger partial charge is 0.0943 e. The van der Waals surface area contributed by atoms with Crippen molar-refractivity contribution in [1.82, 2.24) is 15.3 Å². The monoisotopic (exact) mass is 281 g/mol. The van der Waals surface area contributed by atoms with E-state index in [0.29, 0.717) is 6.04 Å². The molecular formula is C13H16ClN3S. The van der Waals surface area contributed by atoms with Gasteiger partial charge in [0.15, 0.2) is 0 Å². The first kappa shape index (κ1) is 13.5. The van der Waals surface area contributed by atoms with Crippen LogP contribution in [0.1, 0.15) is 16.3 Å². The van der Waals surface area contributed by atoms with Gasteiger partial charge in [-0.15, -0.1) is 11.3 Å². The highest BCUT2D eigenvalue weighted by Crippen LogP contribution is 2.18. The van der Waals surface area contributed by atoms with E-state index < -0.39 is 0 Å². The quantitative estimate of drug-likeness (QED) is 0.916. The second-order valence-corrected chi connectivity index (χ2v) is 5.59. The summed E-state index contributed by atoms with van der Waals surface area (Å²) in [7, 11) is 1.97. The van der Waals surface area contributed by atoms with Crippen molar-refractivity contribution in [2.45, 2.75) is 25.8 Å². The third-order valence-electron chi connectivity index (χ3n) is 2.82. The summed E-state index contributed by atoms with van der Waals surface area (Å²) in [4.78, 5) is 8.50. The summed E-state index contributed by atoms with van der Waals surface area (Å²) in [5.74, 6) is 0. The van der Waals surface area contributed by atoms with Crippen LogP contribution in [0.15, 0.2) is 23.8 Å². The number of rotatable bonds is 5. The second-order valence-electron chi connectivity index (χ2n) is 4.24. The van der Waals surface area contributed by atoms with Crippen molar-refractivity contribution in [2.75, 3.05) is 7.05 Å². The van der Waals surface area contributed by atoms with Crippen LogP contribution in [-0.2, 0) is 12.8 Å². The van der Waals surface area contributed by atoms with E-state index in [4.69, 9.17) is 11.6 Å². The third kappa shape index (κ3) is 3.51. The molecule has 0 saturated carbocycles. The maximum Gasteiger partial charge on any atom is 0.0943 e. The lowest BCUT2D eigenvalue weighted by Crippen LogP contribution is -2.30. The number of hydrogen-bond acceptors (Lipinski definition) is 4. The van der Waals surface area contributed by atoms with E-state index >= 15 is 0 Å². The van der Waals surface area contributed by atoms with Crippen LogP contribution < -0.4 is 5.32 Å². The zero-order valence-electron chi connectivity index (χ0n) is 10.5. The summed E-state index contributed by atoms with van der Waals surface area (Å²) in [5.41, 5.74) is 2.21. The Morgan fingerprint density at radius 3 is 2.89 bits per heavy atom. The molecule has 1 N–H and O–H groups in total. The summed E-state index contributed by atoms with van der Waals surface area (Å²) in [6, 6.07) is 2.32. The van der Waals surface area contributed by atoms with Gasteiger partial charge in [0.05, 0.1) is 10.0 Å². The summed E-state index contributed by atoms with van der Waals surface area (Å²) >= 11 is 7.84. The Bertz CT molecular complexity index is 512. The first-order valence-electron chi connectivity index (χ1n) is 5.85. The van der Waals surface area contributed by atoms with Crippen LogP contribution in [0.5, 0.6) is 0 Å². The zero-order valence-corrected chi connectivity index (χ0v) is 12.1. The second kappa shape index (κ2) is 6.27. The van der Waals surface area contributed by atoms with Crippen LogP contribution in [0.3, 0.4) is 0 Å². The van der Waals surface area contributed by atoms with Gasteiger partial charge in [-0.05, 0) is 32.0 Å². The fraction of sp³-hybridized carbons (Fsp3) is 0.385. The van der Waals surface area contributed by atoms with Crippen molar-refractivity contribution in [3.63, 3.8) is 0 Å². The van der Waals surface area contributed by atoms with Crippen LogP contribution in [0.4, 0.5) is 0 Å². The number of nitrogens with one attached hydrogen (secondary N) is 1. The van der Waals surface area contributed by atoms with E-state index in [2.05, 4.69) is 20.7 Å². The maximum absolute atomic E-state index is 6.13. The lowest BCUT2D eigenvalue weighted by molar-refractivity contribution is 0.554.